The number of hydrogen-bond donors (Lipinski definition) is 0. The van der Waals surface area contributed by atoms with Crippen LogP contribution in [0, 0.1) is 6.92 Å². The van der Waals surface area contributed by atoms with Crippen LogP contribution in [-0.4, -0.2) is 54.2 Å². The third kappa shape index (κ3) is 2.96. The Morgan fingerprint density at radius 3 is 2.65 bits per heavy atom. The van der Waals surface area contributed by atoms with Gasteiger partial charge in [0.2, 0.25) is 5.82 Å². The molecule has 1 fully saturated rings. The molecular weight excluding hydrogens is 350 g/mol. The van der Waals surface area contributed by atoms with Gasteiger partial charge in [0, 0.05) is 32.4 Å². The molecule has 7 nitrogen and oxygen atoms in total. The summed E-state index contributed by atoms with van der Waals surface area (Å²) in [6, 6.07) is 3.94. The zero-order valence-corrected chi connectivity index (χ0v) is 15.5. The van der Waals surface area contributed by atoms with Crippen LogP contribution >= 0.6 is 11.3 Å². The molecule has 8 heteroatoms. The summed E-state index contributed by atoms with van der Waals surface area (Å²) in [6.07, 6.45) is 3.74. The van der Waals surface area contributed by atoms with E-state index in [2.05, 4.69) is 31.7 Å². The largest absolute Gasteiger partial charge is 0.463 e. The van der Waals surface area contributed by atoms with Crippen molar-refractivity contribution < 1.29 is 9.53 Å². The predicted molar refractivity (Wildman–Crippen MR) is 102 cm³/mol. The van der Waals surface area contributed by atoms with Crippen LogP contribution in [0.25, 0.3) is 10.2 Å². The topological polar surface area (TPSA) is 71.5 Å². The van der Waals surface area contributed by atoms with Gasteiger partial charge in [0.25, 0.3) is 0 Å². The van der Waals surface area contributed by atoms with Gasteiger partial charge in [-0.3, -0.25) is 4.98 Å². The maximum Gasteiger partial charge on any atom is 0.376 e. The van der Waals surface area contributed by atoms with Gasteiger partial charge in [-0.25, -0.2) is 14.8 Å². The number of rotatable bonds is 3. The number of aryl methyl sites for hydroxylation is 1. The Kier molecular flexibility index (Phi) is 4.42. The smallest absolute Gasteiger partial charge is 0.376 e. The molecule has 0 amide bonds. The second kappa shape index (κ2) is 6.87. The molecule has 26 heavy (non-hydrogen) atoms. The third-order valence-corrected chi connectivity index (χ3v) is 5.48. The highest BCUT2D eigenvalue weighted by molar-refractivity contribution is 7.17. The van der Waals surface area contributed by atoms with Crippen molar-refractivity contribution in [3.05, 3.63) is 41.3 Å². The number of fused-ring (bicyclic) bond motifs is 1. The number of carbonyl (C=O) groups excluding carboxylic acids is 1. The maximum atomic E-state index is 11.9. The zero-order chi connectivity index (χ0) is 18.1. The van der Waals surface area contributed by atoms with E-state index >= 15 is 0 Å². The van der Waals surface area contributed by atoms with Gasteiger partial charge in [0.05, 0.1) is 29.2 Å². The van der Waals surface area contributed by atoms with Gasteiger partial charge in [0.1, 0.15) is 0 Å². The van der Waals surface area contributed by atoms with Gasteiger partial charge in [-0.2, -0.15) is 0 Å². The van der Waals surface area contributed by atoms with E-state index in [1.54, 1.807) is 11.3 Å². The van der Waals surface area contributed by atoms with Crippen molar-refractivity contribution >= 4 is 39.0 Å². The Morgan fingerprint density at radius 1 is 1.15 bits per heavy atom. The number of methoxy groups -OCH3 is 1. The first-order valence-corrected chi connectivity index (χ1v) is 9.29. The fourth-order valence-electron chi connectivity index (χ4n) is 3.19. The van der Waals surface area contributed by atoms with Crippen molar-refractivity contribution in [2.45, 2.75) is 6.92 Å². The molecule has 1 saturated heterocycles. The molecular formula is C18H19N5O2S. The van der Waals surface area contributed by atoms with Crippen LogP contribution in [0.3, 0.4) is 0 Å². The first-order chi connectivity index (χ1) is 12.7. The van der Waals surface area contributed by atoms with Crippen molar-refractivity contribution in [2.75, 3.05) is 43.1 Å². The summed E-state index contributed by atoms with van der Waals surface area (Å²) in [6.45, 7) is 5.48. The maximum absolute atomic E-state index is 11.9. The molecule has 4 heterocycles. The molecule has 1 aliphatic rings. The van der Waals surface area contributed by atoms with Crippen LogP contribution in [-0.2, 0) is 4.74 Å². The van der Waals surface area contributed by atoms with Gasteiger partial charge >= 0.3 is 5.97 Å². The predicted octanol–water partition coefficient (Wildman–Crippen LogP) is 2.51. The summed E-state index contributed by atoms with van der Waals surface area (Å²) in [5.74, 6) is 0.413. The molecule has 0 N–H and O–H groups in total. The van der Waals surface area contributed by atoms with Crippen LogP contribution in [0.5, 0.6) is 0 Å². The molecule has 0 atom stereocenters. The minimum atomic E-state index is -0.510. The highest BCUT2D eigenvalue weighted by Crippen LogP contribution is 2.30. The molecule has 3 aromatic rings. The van der Waals surface area contributed by atoms with Crippen LogP contribution < -0.4 is 9.80 Å². The second-order valence-electron chi connectivity index (χ2n) is 6.13. The molecule has 0 spiro atoms. The molecule has 134 valence electrons. The number of ether oxygens (including phenoxy) is 1. The van der Waals surface area contributed by atoms with Crippen molar-refractivity contribution in [1.29, 1.82) is 0 Å². The Balaban J connectivity index is 1.60. The number of esters is 1. The van der Waals surface area contributed by atoms with Crippen molar-refractivity contribution in [1.82, 2.24) is 15.0 Å². The van der Waals surface area contributed by atoms with E-state index in [1.165, 1.54) is 18.4 Å². The highest BCUT2D eigenvalue weighted by atomic mass is 32.1. The first kappa shape index (κ1) is 16.7. The molecule has 4 rings (SSSR count). The number of pyridine rings is 1. The monoisotopic (exact) mass is 369 g/mol. The van der Waals surface area contributed by atoms with Crippen LogP contribution in [0.15, 0.2) is 29.9 Å². The lowest BCUT2D eigenvalue weighted by Crippen LogP contribution is -2.47. The Hall–Kier alpha value is -2.74. The number of aromatic nitrogens is 3. The Morgan fingerprint density at radius 2 is 1.92 bits per heavy atom. The number of anilines is 2. The van der Waals surface area contributed by atoms with E-state index < -0.39 is 5.97 Å². The highest BCUT2D eigenvalue weighted by Gasteiger charge is 2.24. The normalized spacial score (nSPS) is 14.7. The van der Waals surface area contributed by atoms with E-state index in [4.69, 9.17) is 4.74 Å². The summed E-state index contributed by atoms with van der Waals surface area (Å²) in [5.41, 5.74) is 3.18. The lowest BCUT2D eigenvalue weighted by Gasteiger charge is -2.37. The summed E-state index contributed by atoms with van der Waals surface area (Å²) in [5, 5.41) is 1.97. The lowest BCUT2D eigenvalue weighted by atomic mass is 10.2. The second-order valence-corrected chi connectivity index (χ2v) is 7.05. The first-order valence-electron chi connectivity index (χ1n) is 8.41. The van der Waals surface area contributed by atoms with E-state index in [0.717, 1.165) is 42.2 Å². The van der Waals surface area contributed by atoms with E-state index in [-0.39, 0.29) is 5.82 Å². The van der Waals surface area contributed by atoms with Gasteiger partial charge < -0.3 is 14.5 Å². The van der Waals surface area contributed by atoms with Gasteiger partial charge in [-0.1, -0.05) is 0 Å². The molecule has 0 aliphatic carbocycles. The van der Waals surface area contributed by atoms with Gasteiger partial charge in [0.15, 0.2) is 5.82 Å². The van der Waals surface area contributed by atoms with Gasteiger partial charge in [-0.15, -0.1) is 11.3 Å². The number of hydrogen-bond acceptors (Lipinski definition) is 8. The van der Waals surface area contributed by atoms with Gasteiger partial charge in [-0.05, 0) is 30.0 Å². The minimum Gasteiger partial charge on any atom is -0.463 e. The van der Waals surface area contributed by atoms with Crippen molar-refractivity contribution in [3.63, 3.8) is 0 Å². The van der Waals surface area contributed by atoms with Crippen LogP contribution in [0.1, 0.15) is 16.2 Å². The number of thiophene rings is 1. The van der Waals surface area contributed by atoms with Crippen molar-refractivity contribution in [3.8, 4) is 0 Å². The Labute approximate surface area is 155 Å². The third-order valence-electron chi connectivity index (χ3n) is 4.58. The molecule has 3 aromatic heterocycles. The average molecular weight is 369 g/mol. The number of nitrogens with zero attached hydrogens (tertiary/aromatic N) is 5. The fourth-order valence-corrected chi connectivity index (χ4v) is 4.04. The van der Waals surface area contributed by atoms with E-state index in [9.17, 15) is 4.79 Å². The fraction of sp³-hybridized carbons (Fsp3) is 0.333. The molecule has 1 aliphatic heterocycles. The van der Waals surface area contributed by atoms with E-state index in [0.29, 0.717) is 0 Å². The van der Waals surface area contributed by atoms with Crippen LogP contribution in [0.4, 0.5) is 11.5 Å². The Bertz CT molecular complexity index is 950. The molecule has 0 radical (unpaired) electrons. The minimum absolute atomic E-state index is 0.110. The quantitative estimate of drug-likeness (QED) is 0.657. The summed E-state index contributed by atoms with van der Waals surface area (Å²) >= 11 is 1.59. The van der Waals surface area contributed by atoms with Crippen LogP contribution in [0.2, 0.25) is 0 Å². The molecule has 0 saturated carbocycles. The molecule has 0 bridgehead atoms. The summed E-state index contributed by atoms with van der Waals surface area (Å²) in [7, 11) is 1.35. The van der Waals surface area contributed by atoms with E-state index in [1.807, 2.05) is 29.9 Å². The summed E-state index contributed by atoms with van der Waals surface area (Å²) in [4.78, 5) is 29.5. The average Bonchev–Trinajstić information content (AvgIpc) is 3.16. The number of carbonyl (C=O) groups is 1. The standard InChI is InChI=1S/C18H19N5O2S/c1-12-3-5-19-11-14(12)22-6-8-23(9-7-22)17-15-13(4-10-26-15)20-16(21-17)18(24)25-2/h3-5,10-11H,6-9H2,1-2H3. The zero-order valence-electron chi connectivity index (χ0n) is 14.7. The molecule has 0 unspecified atom stereocenters. The molecule has 0 aromatic carbocycles. The SMILES string of the molecule is COC(=O)c1nc(N2CCN(c3cnccc3C)CC2)c2sccc2n1. The summed E-state index contributed by atoms with van der Waals surface area (Å²) < 4.78 is 5.80. The van der Waals surface area contributed by atoms with Crippen molar-refractivity contribution in [2.24, 2.45) is 0 Å². The number of piperazine rings is 1. The lowest BCUT2D eigenvalue weighted by molar-refractivity contribution is 0.0587.